The first kappa shape index (κ1) is 29.4. The quantitative estimate of drug-likeness (QED) is 0.374. The highest BCUT2D eigenvalue weighted by atomic mass is 16.6. The van der Waals surface area contributed by atoms with Gasteiger partial charge in [-0.1, -0.05) is 42.5 Å². The second-order valence-electron chi connectivity index (χ2n) is 10.5. The molecule has 0 aliphatic rings. The lowest BCUT2D eigenvalue weighted by Gasteiger charge is -2.26. The molecule has 0 radical (unpaired) electrons. The molecule has 37 heavy (non-hydrogen) atoms. The molecule has 2 N–H and O–H groups in total. The van der Waals surface area contributed by atoms with Gasteiger partial charge >= 0.3 is 18.0 Å². The fraction of sp³-hybridized carbons (Fsp3) is 0.429. The van der Waals surface area contributed by atoms with Crippen molar-refractivity contribution in [1.29, 1.82) is 0 Å². The molecule has 0 saturated heterocycles. The lowest BCUT2D eigenvalue weighted by atomic mass is 10.1. The number of anilines is 1. The van der Waals surface area contributed by atoms with Crippen LogP contribution in [0.25, 0.3) is 0 Å². The molecule has 0 spiro atoms. The van der Waals surface area contributed by atoms with E-state index in [0.29, 0.717) is 11.3 Å². The third kappa shape index (κ3) is 12.1. The lowest BCUT2D eigenvalue weighted by Crippen LogP contribution is -2.47. The largest absolute Gasteiger partial charge is 0.461 e. The normalized spacial score (nSPS) is 12.2. The molecule has 0 fully saturated rings. The maximum atomic E-state index is 12.7. The number of amides is 2. The Morgan fingerprint density at radius 2 is 1.38 bits per heavy atom. The van der Waals surface area contributed by atoms with E-state index >= 15 is 0 Å². The summed E-state index contributed by atoms with van der Waals surface area (Å²) in [5.41, 5.74) is 0.501. The summed E-state index contributed by atoms with van der Waals surface area (Å²) in [6.45, 7) is 10.3. The van der Waals surface area contributed by atoms with Crippen LogP contribution in [0.5, 0.6) is 0 Å². The van der Waals surface area contributed by atoms with Crippen LogP contribution in [0.1, 0.15) is 59.1 Å². The fourth-order valence-corrected chi connectivity index (χ4v) is 3.08. The molecule has 0 aromatic heterocycles. The number of benzene rings is 2. The van der Waals surface area contributed by atoms with Gasteiger partial charge in [-0.05, 0) is 64.8 Å². The van der Waals surface area contributed by atoms with E-state index in [1.54, 1.807) is 65.8 Å². The number of carbonyl (C=O) groups excluding carboxylic acids is 4. The van der Waals surface area contributed by atoms with Crippen LogP contribution >= 0.6 is 0 Å². The minimum Gasteiger partial charge on any atom is -0.461 e. The summed E-state index contributed by atoms with van der Waals surface area (Å²) in [4.78, 5) is 49.6. The number of nitrogens with one attached hydrogen (secondary N) is 2. The molecular formula is C28H36N2O7. The highest BCUT2D eigenvalue weighted by Crippen LogP contribution is 2.15. The summed E-state index contributed by atoms with van der Waals surface area (Å²) >= 11 is 0. The number of rotatable bonds is 9. The predicted octanol–water partition coefficient (Wildman–Crippen LogP) is 4.54. The average molecular weight is 513 g/mol. The van der Waals surface area contributed by atoms with Crippen molar-refractivity contribution in [3.05, 3.63) is 65.7 Å². The molecule has 0 bridgehead atoms. The van der Waals surface area contributed by atoms with E-state index in [0.717, 1.165) is 5.56 Å². The molecule has 0 aliphatic carbocycles. The maximum absolute atomic E-state index is 12.7. The molecule has 2 aromatic rings. The van der Waals surface area contributed by atoms with E-state index in [9.17, 15) is 19.2 Å². The van der Waals surface area contributed by atoms with E-state index in [4.69, 9.17) is 14.2 Å². The summed E-state index contributed by atoms with van der Waals surface area (Å²) in [5.74, 6) is -1.63. The topological polar surface area (TPSA) is 120 Å². The summed E-state index contributed by atoms with van der Waals surface area (Å²) < 4.78 is 15.9. The summed E-state index contributed by atoms with van der Waals surface area (Å²) in [6.07, 6.45) is -1.11. The Balaban J connectivity index is 1.94. The van der Waals surface area contributed by atoms with Crippen LogP contribution in [0.3, 0.4) is 0 Å². The first-order valence-electron chi connectivity index (χ1n) is 12.0. The van der Waals surface area contributed by atoms with Crippen LogP contribution in [-0.4, -0.2) is 41.2 Å². The standard InChI is InChI=1S/C28H36N2O7/c1-27(2,3)36-25(33)22(30-26(34)37-28(4,5)6)17-23(31)29-21-14-12-19(13-15-21)16-24(32)35-18-20-10-8-7-9-11-20/h7-15,22H,16-18H2,1-6H3,(H,29,31)(H,30,34)/t22-/m1/s1. The van der Waals surface area contributed by atoms with Crippen molar-refractivity contribution in [3.8, 4) is 0 Å². The number of alkyl carbamates (subject to hydrolysis) is 1. The van der Waals surface area contributed by atoms with Crippen molar-refractivity contribution in [3.63, 3.8) is 0 Å². The van der Waals surface area contributed by atoms with Crippen molar-refractivity contribution in [2.75, 3.05) is 5.32 Å². The molecule has 0 heterocycles. The number of ether oxygens (including phenoxy) is 3. The minimum atomic E-state index is -1.24. The van der Waals surface area contributed by atoms with Gasteiger partial charge in [0.15, 0.2) is 0 Å². The van der Waals surface area contributed by atoms with Gasteiger partial charge in [-0.25, -0.2) is 9.59 Å². The van der Waals surface area contributed by atoms with E-state index < -0.39 is 35.2 Å². The van der Waals surface area contributed by atoms with Gasteiger partial charge in [-0.3, -0.25) is 9.59 Å². The molecular weight excluding hydrogens is 476 g/mol. The number of carbonyl (C=O) groups is 4. The second-order valence-corrected chi connectivity index (χ2v) is 10.5. The molecule has 0 saturated carbocycles. The van der Waals surface area contributed by atoms with Gasteiger partial charge in [0.2, 0.25) is 5.91 Å². The van der Waals surface area contributed by atoms with Crippen LogP contribution in [-0.2, 0) is 41.6 Å². The van der Waals surface area contributed by atoms with Gasteiger partial charge in [0.25, 0.3) is 0 Å². The van der Waals surface area contributed by atoms with E-state index in [-0.39, 0.29) is 25.4 Å². The Hall–Kier alpha value is -3.88. The first-order valence-corrected chi connectivity index (χ1v) is 12.0. The Bertz CT molecular complexity index is 1070. The Kier molecular flexibility index (Phi) is 10.2. The summed E-state index contributed by atoms with van der Waals surface area (Å²) in [7, 11) is 0. The third-order valence-electron chi connectivity index (χ3n) is 4.60. The highest BCUT2D eigenvalue weighted by molar-refractivity contribution is 5.95. The fourth-order valence-electron chi connectivity index (χ4n) is 3.08. The van der Waals surface area contributed by atoms with Crippen LogP contribution in [0.15, 0.2) is 54.6 Å². The second kappa shape index (κ2) is 12.9. The monoisotopic (exact) mass is 512 g/mol. The van der Waals surface area contributed by atoms with Crippen LogP contribution in [0.2, 0.25) is 0 Å². The average Bonchev–Trinajstić information content (AvgIpc) is 2.77. The molecule has 2 aromatic carbocycles. The van der Waals surface area contributed by atoms with Gasteiger partial charge in [-0.2, -0.15) is 0 Å². The molecule has 2 rings (SSSR count). The predicted molar refractivity (Wildman–Crippen MR) is 139 cm³/mol. The highest BCUT2D eigenvalue weighted by Gasteiger charge is 2.30. The van der Waals surface area contributed by atoms with Crippen molar-refractivity contribution >= 4 is 29.6 Å². The van der Waals surface area contributed by atoms with Gasteiger partial charge in [0.05, 0.1) is 12.8 Å². The molecule has 1 atom stereocenters. The molecule has 200 valence electrons. The number of hydrogen-bond donors (Lipinski definition) is 2. The zero-order chi connectivity index (χ0) is 27.6. The van der Waals surface area contributed by atoms with Crippen LogP contribution in [0, 0.1) is 0 Å². The zero-order valence-electron chi connectivity index (χ0n) is 22.3. The zero-order valence-corrected chi connectivity index (χ0v) is 22.3. The van der Waals surface area contributed by atoms with E-state index in [1.807, 2.05) is 30.3 Å². The first-order chi connectivity index (χ1) is 17.2. The molecule has 2 amide bonds. The third-order valence-corrected chi connectivity index (χ3v) is 4.60. The van der Waals surface area contributed by atoms with E-state index in [1.165, 1.54) is 0 Å². The van der Waals surface area contributed by atoms with Crippen molar-refractivity contribution in [2.45, 2.75) is 78.2 Å². The van der Waals surface area contributed by atoms with Gasteiger partial charge in [0.1, 0.15) is 23.9 Å². The molecule has 9 nitrogen and oxygen atoms in total. The van der Waals surface area contributed by atoms with Gasteiger partial charge in [-0.15, -0.1) is 0 Å². The SMILES string of the molecule is CC(C)(C)OC(=O)N[C@H](CC(=O)Nc1ccc(CC(=O)OCc2ccccc2)cc1)C(=O)OC(C)(C)C. The molecule has 0 aliphatic heterocycles. The van der Waals surface area contributed by atoms with Crippen LogP contribution < -0.4 is 10.6 Å². The lowest BCUT2D eigenvalue weighted by molar-refractivity contribution is -0.158. The van der Waals surface area contributed by atoms with Gasteiger partial charge < -0.3 is 24.8 Å². The molecule has 0 unspecified atom stereocenters. The van der Waals surface area contributed by atoms with Crippen molar-refractivity contribution in [2.24, 2.45) is 0 Å². The van der Waals surface area contributed by atoms with Gasteiger partial charge in [0, 0.05) is 5.69 Å². The molecule has 9 heteroatoms. The Labute approximate surface area is 217 Å². The van der Waals surface area contributed by atoms with Crippen LogP contribution in [0.4, 0.5) is 10.5 Å². The maximum Gasteiger partial charge on any atom is 0.408 e. The van der Waals surface area contributed by atoms with Crippen molar-refractivity contribution in [1.82, 2.24) is 5.32 Å². The number of hydrogen-bond acceptors (Lipinski definition) is 7. The Morgan fingerprint density at radius 1 is 0.784 bits per heavy atom. The Morgan fingerprint density at radius 3 is 1.95 bits per heavy atom. The summed E-state index contributed by atoms with van der Waals surface area (Å²) in [5, 5.41) is 5.10. The minimum absolute atomic E-state index is 0.0849. The van der Waals surface area contributed by atoms with E-state index in [2.05, 4.69) is 10.6 Å². The smallest absolute Gasteiger partial charge is 0.408 e. The van der Waals surface area contributed by atoms with Crippen molar-refractivity contribution < 1.29 is 33.4 Å². The number of esters is 2. The summed E-state index contributed by atoms with van der Waals surface area (Å²) in [6, 6.07) is 14.8.